The minimum Gasteiger partial charge on any atom is -0.497 e. The molecule has 170 valence electrons. The number of nitrogens with one attached hydrogen (secondary N) is 1. The first-order valence-corrected chi connectivity index (χ1v) is 10.3. The molecule has 2 aromatic carbocycles. The molecule has 32 heavy (non-hydrogen) atoms. The fourth-order valence-corrected chi connectivity index (χ4v) is 3.36. The Balaban J connectivity index is 1.65. The number of urea groups is 1. The van der Waals surface area contributed by atoms with Crippen molar-refractivity contribution in [1.82, 2.24) is 9.80 Å². The van der Waals surface area contributed by atoms with Crippen LogP contribution in [0.25, 0.3) is 0 Å². The number of nitrogens with zero attached hydrogens (tertiary/aromatic N) is 3. The number of methoxy groups -OCH3 is 1. The van der Waals surface area contributed by atoms with Gasteiger partial charge in [0.25, 0.3) is 0 Å². The highest BCUT2D eigenvalue weighted by molar-refractivity contribution is 6.01. The van der Waals surface area contributed by atoms with Crippen molar-refractivity contribution in [2.24, 2.45) is 5.92 Å². The van der Waals surface area contributed by atoms with Crippen LogP contribution in [0.1, 0.15) is 13.8 Å². The SMILES string of the molecule is COc1ccc(NC(=O)N(CC(=O)N2CC(=O)N(c3ccc(F)cc3)C2)CC(C)C)cc1. The summed E-state index contributed by atoms with van der Waals surface area (Å²) in [5, 5.41) is 2.79. The van der Waals surface area contributed by atoms with Crippen LogP contribution in [-0.4, -0.2) is 61.1 Å². The van der Waals surface area contributed by atoms with Gasteiger partial charge in [-0.15, -0.1) is 0 Å². The summed E-state index contributed by atoms with van der Waals surface area (Å²) in [5.74, 6) is -0.195. The number of rotatable bonds is 7. The number of carbonyl (C=O) groups is 3. The lowest BCUT2D eigenvalue weighted by molar-refractivity contribution is -0.132. The van der Waals surface area contributed by atoms with Crippen LogP contribution in [0, 0.1) is 11.7 Å². The van der Waals surface area contributed by atoms with E-state index < -0.39 is 11.8 Å². The Bertz CT molecular complexity index is 963. The van der Waals surface area contributed by atoms with Gasteiger partial charge in [-0.25, -0.2) is 9.18 Å². The summed E-state index contributed by atoms with van der Waals surface area (Å²) < 4.78 is 18.3. The third-order valence-corrected chi connectivity index (χ3v) is 4.97. The lowest BCUT2D eigenvalue weighted by Gasteiger charge is -2.26. The predicted octanol–water partition coefficient (Wildman–Crippen LogP) is 3.16. The van der Waals surface area contributed by atoms with Gasteiger partial charge in [-0.2, -0.15) is 0 Å². The van der Waals surface area contributed by atoms with Crippen molar-refractivity contribution >= 4 is 29.2 Å². The minimum atomic E-state index is -0.405. The molecule has 9 heteroatoms. The molecule has 2 aromatic rings. The molecule has 0 spiro atoms. The largest absolute Gasteiger partial charge is 0.497 e. The summed E-state index contributed by atoms with van der Waals surface area (Å²) in [5.41, 5.74) is 1.10. The summed E-state index contributed by atoms with van der Waals surface area (Å²) in [6.45, 7) is 4.08. The van der Waals surface area contributed by atoms with Gasteiger partial charge in [-0.1, -0.05) is 13.8 Å². The maximum Gasteiger partial charge on any atom is 0.322 e. The molecule has 1 saturated heterocycles. The number of ether oxygens (including phenoxy) is 1. The van der Waals surface area contributed by atoms with Gasteiger partial charge in [0.1, 0.15) is 31.3 Å². The normalized spacial score (nSPS) is 13.5. The Morgan fingerprint density at radius 2 is 1.78 bits per heavy atom. The van der Waals surface area contributed by atoms with Crippen molar-refractivity contribution in [2.75, 3.05) is 43.6 Å². The number of carbonyl (C=O) groups excluding carboxylic acids is 3. The zero-order valence-electron chi connectivity index (χ0n) is 18.4. The molecule has 8 nitrogen and oxygen atoms in total. The van der Waals surface area contributed by atoms with Crippen LogP contribution in [0.5, 0.6) is 5.75 Å². The Morgan fingerprint density at radius 1 is 1.12 bits per heavy atom. The monoisotopic (exact) mass is 442 g/mol. The van der Waals surface area contributed by atoms with Gasteiger partial charge in [-0.3, -0.25) is 14.5 Å². The first-order chi connectivity index (χ1) is 15.3. The number of halogens is 1. The topological polar surface area (TPSA) is 82.2 Å². The molecular formula is C23H27FN4O4. The van der Waals surface area contributed by atoms with E-state index in [0.717, 1.165) is 0 Å². The molecule has 0 bridgehead atoms. The van der Waals surface area contributed by atoms with Crippen molar-refractivity contribution in [3.05, 3.63) is 54.3 Å². The van der Waals surface area contributed by atoms with Crippen LogP contribution in [0.3, 0.4) is 0 Å². The second-order valence-corrected chi connectivity index (χ2v) is 7.96. The van der Waals surface area contributed by atoms with Gasteiger partial charge in [0.2, 0.25) is 11.8 Å². The second-order valence-electron chi connectivity index (χ2n) is 7.96. The van der Waals surface area contributed by atoms with E-state index in [2.05, 4.69) is 5.32 Å². The molecule has 1 aliphatic heterocycles. The fourth-order valence-electron chi connectivity index (χ4n) is 3.36. The van der Waals surface area contributed by atoms with Crippen LogP contribution in [0.4, 0.5) is 20.6 Å². The van der Waals surface area contributed by atoms with Crippen LogP contribution < -0.4 is 15.0 Å². The van der Waals surface area contributed by atoms with E-state index >= 15 is 0 Å². The average Bonchev–Trinajstić information content (AvgIpc) is 3.15. The van der Waals surface area contributed by atoms with Crippen LogP contribution in [0.2, 0.25) is 0 Å². The van der Waals surface area contributed by atoms with Gasteiger partial charge in [0.05, 0.1) is 7.11 Å². The number of anilines is 2. The highest BCUT2D eigenvalue weighted by Crippen LogP contribution is 2.20. The first kappa shape index (κ1) is 23.1. The molecule has 0 saturated carbocycles. The first-order valence-electron chi connectivity index (χ1n) is 10.3. The van der Waals surface area contributed by atoms with E-state index in [0.29, 0.717) is 23.7 Å². The number of amides is 4. The Kier molecular flexibility index (Phi) is 7.29. The van der Waals surface area contributed by atoms with Gasteiger partial charge in [0.15, 0.2) is 0 Å². The van der Waals surface area contributed by atoms with Crippen molar-refractivity contribution < 1.29 is 23.5 Å². The Hall–Kier alpha value is -3.62. The maximum atomic E-state index is 13.2. The molecule has 0 unspecified atom stereocenters. The Morgan fingerprint density at radius 3 is 2.38 bits per heavy atom. The summed E-state index contributed by atoms with van der Waals surface area (Å²) >= 11 is 0. The Labute approximate surface area is 186 Å². The standard InChI is InChI=1S/C23H27FN4O4/c1-16(2)12-26(23(31)25-18-6-10-20(32-3)11-7-18)13-21(29)27-14-22(30)28(15-27)19-8-4-17(24)5-9-19/h4-11,16H,12-15H2,1-3H3,(H,25,31). The van der Waals surface area contributed by atoms with Gasteiger partial charge >= 0.3 is 6.03 Å². The van der Waals surface area contributed by atoms with Crippen molar-refractivity contribution in [1.29, 1.82) is 0 Å². The number of hydrogen-bond donors (Lipinski definition) is 1. The molecule has 0 aliphatic carbocycles. The number of hydrogen-bond acceptors (Lipinski definition) is 4. The quantitative estimate of drug-likeness (QED) is 0.714. The van der Waals surface area contributed by atoms with Crippen molar-refractivity contribution in [3.63, 3.8) is 0 Å². The zero-order valence-corrected chi connectivity index (χ0v) is 18.4. The van der Waals surface area contributed by atoms with E-state index in [-0.39, 0.29) is 37.5 Å². The molecule has 1 aliphatic rings. The molecule has 0 radical (unpaired) electrons. The number of benzene rings is 2. The second kappa shape index (κ2) is 10.1. The summed E-state index contributed by atoms with van der Waals surface area (Å²) in [7, 11) is 1.56. The van der Waals surface area contributed by atoms with E-state index in [9.17, 15) is 18.8 Å². The molecule has 3 rings (SSSR count). The minimum absolute atomic E-state index is 0.0545. The lowest BCUT2D eigenvalue weighted by atomic mass is 10.2. The zero-order chi connectivity index (χ0) is 23.3. The van der Waals surface area contributed by atoms with Crippen molar-refractivity contribution in [2.45, 2.75) is 13.8 Å². The third kappa shape index (κ3) is 5.75. The van der Waals surface area contributed by atoms with Gasteiger partial charge in [-0.05, 0) is 54.4 Å². The maximum absolute atomic E-state index is 13.2. The summed E-state index contributed by atoms with van der Waals surface area (Å²) in [4.78, 5) is 42.4. The van der Waals surface area contributed by atoms with Gasteiger partial charge in [0, 0.05) is 17.9 Å². The van der Waals surface area contributed by atoms with Crippen LogP contribution in [-0.2, 0) is 9.59 Å². The van der Waals surface area contributed by atoms with Crippen LogP contribution in [0.15, 0.2) is 48.5 Å². The highest BCUT2D eigenvalue weighted by atomic mass is 19.1. The lowest BCUT2D eigenvalue weighted by Crippen LogP contribution is -2.45. The molecule has 4 amide bonds. The molecule has 1 N–H and O–H groups in total. The van der Waals surface area contributed by atoms with E-state index in [1.165, 1.54) is 39.0 Å². The van der Waals surface area contributed by atoms with Crippen molar-refractivity contribution in [3.8, 4) is 5.75 Å². The molecule has 0 aromatic heterocycles. The molecule has 1 heterocycles. The smallest absolute Gasteiger partial charge is 0.322 e. The summed E-state index contributed by atoms with van der Waals surface area (Å²) in [6.07, 6.45) is 0. The van der Waals surface area contributed by atoms with Crippen LogP contribution >= 0.6 is 0 Å². The summed E-state index contributed by atoms with van der Waals surface area (Å²) in [6, 6.07) is 12.0. The van der Waals surface area contributed by atoms with E-state index in [1.807, 2.05) is 13.8 Å². The highest BCUT2D eigenvalue weighted by Gasteiger charge is 2.33. The van der Waals surface area contributed by atoms with E-state index in [4.69, 9.17) is 4.74 Å². The molecule has 0 atom stereocenters. The fraction of sp³-hybridized carbons (Fsp3) is 0.348. The average molecular weight is 442 g/mol. The van der Waals surface area contributed by atoms with Gasteiger partial charge < -0.3 is 19.9 Å². The molecular weight excluding hydrogens is 415 g/mol. The predicted molar refractivity (Wildman–Crippen MR) is 119 cm³/mol. The van der Waals surface area contributed by atoms with E-state index in [1.54, 1.807) is 31.4 Å². The third-order valence-electron chi connectivity index (χ3n) is 4.97. The molecule has 1 fully saturated rings.